The lowest BCUT2D eigenvalue weighted by Crippen LogP contribution is -2.44. The summed E-state index contributed by atoms with van der Waals surface area (Å²) in [4.78, 5) is 36.4. The Balaban J connectivity index is 1.71. The number of anilines is 2. The van der Waals surface area contributed by atoms with Crippen LogP contribution in [0, 0.1) is 6.92 Å². The Labute approximate surface area is 175 Å². The number of aromatic nitrogens is 5. The maximum absolute atomic E-state index is 12.1. The van der Waals surface area contributed by atoms with E-state index < -0.39 is 0 Å². The van der Waals surface area contributed by atoms with Gasteiger partial charge < -0.3 is 10.2 Å². The third kappa shape index (κ3) is 4.42. The van der Waals surface area contributed by atoms with Gasteiger partial charge in [-0.1, -0.05) is 0 Å². The molecule has 154 valence electrons. The van der Waals surface area contributed by atoms with Crippen LogP contribution in [0.4, 0.5) is 11.5 Å². The first-order valence-corrected chi connectivity index (χ1v) is 10.1. The summed E-state index contributed by atoms with van der Waals surface area (Å²) in [6.45, 7) is 6.27. The first-order valence-electron chi connectivity index (χ1n) is 10.1. The van der Waals surface area contributed by atoms with Crippen molar-refractivity contribution in [3.05, 3.63) is 54.5 Å². The monoisotopic (exact) mass is 403 g/mol. The topological polar surface area (TPSA) is 96.8 Å². The molecule has 1 aliphatic rings. The van der Waals surface area contributed by atoms with Crippen molar-refractivity contribution in [1.82, 2.24) is 29.8 Å². The number of nitrogens with one attached hydrogen (secondary N) is 1. The summed E-state index contributed by atoms with van der Waals surface area (Å²) < 4.78 is 0. The molecular formula is C22H25N7O. The fourth-order valence-corrected chi connectivity index (χ4v) is 3.80. The molecular weight excluding hydrogens is 378 g/mol. The number of aryl methyl sites for hydroxylation is 1. The van der Waals surface area contributed by atoms with Gasteiger partial charge in [-0.15, -0.1) is 0 Å². The highest BCUT2D eigenvalue weighted by atomic mass is 16.2. The fourth-order valence-electron chi connectivity index (χ4n) is 3.80. The minimum atomic E-state index is 0.0708. The maximum Gasteiger partial charge on any atom is 0.219 e. The predicted molar refractivity (Wildman–Crippen MR) is 114 cm³/mol. The summed E-state index contributed by atoms with van der Waals surface area (Å²) in [6, 6.07) is 5.97. The number of nitrogens with zero attached hydrogens (tertiary/aromatic N) is 6. The van der Waals surface area contributed by atoms with Crippen LogP contribution in [0.1, 0.15) is 44.1 Å². The van der Waals surface area contributed by atoms with Crippen LogP contribution in [-0.4, -0.2) is 48.3 Å². The van der Waals surface area contributed by atoms with E-state index in [0.29, 0.717) is 29.6 Å². The van der Waals surface area contributed by atoms with Gasteiger partial charge in [-0.25, -0.2) is 9.97 Å². The van der Waals surface area contributed by atoms with E-state index in [1.165, 1.54) is 0 Å². The Morgan fingerprint density at radius 1 is 1.10 bits per heavy atom. The van der Waals surface area contributed by atoms with Crippen molar-refractivity contribution in [2.75, 3.05) is 11.9 Å². The molecule has 2 atom stereocenters. The van der Waals surface area contributed by atoms with Crippen molar-refractivity contribution in [2.45, 2.75) is 45.6 Å². The zero-order chi connectivity index (χ0) is 21.1. The summed E-state index contributed by atoms with van der Waals surface area (Å²) in [5.74, 6) is 1.55. The van der Waals surface area contributed by atoms with E-state index in [4.69, 9.17) is 9.97 Å². The molecule has 8 nitrogen and oxygen atoms in total. The van der Waals surface area contributed by atoms with Crippen LogP contribution in [0.3, 0.4) is 0 Å². The molecule has 0 aliphatic carbocycles. The Morgan fingerprint density at radius 2 is 1.97 bits per heavy atom. The number of rotatable bonds is 4. The highest BCUT2D eigenvalue weighted by molar-refractivity contribution is 5.73. The van der Waals surface area contributed by atoms with Gasteiger partial charge in [0.2, 0.25) is 5.91 Å². The van der Waals surface area contributed by atoms with Gasteiger partial charge in [0.25, 0.3) is 0 Å². The van der Waals surface area contributed by atoms with E-state index in [1.54, 1.807) is 31.7 Å². The number of hydrogen-bond donors (Lipinski definition) is 1. The van der Waals surface area contributed by atoms with Crippen molar-refractivity contribution in [1.29, 1.82) is 0 Å². The fraction of sp³-hybridized carbons (Fsp3) is 0.364. The Morgan fingerprint density at radius 3 is 2.70 bits per heavy atom. The number of pyridine rings is 1. The number of carbonyl (C=O) groups excluding carboxylic acids is 1. The highest BCUT2D eigenvalue weighted by Gasteiger charge is 2.30. The van der Waals surface area contributed by atoms with Crippen molar-refractivity contribution in [3.8, 4) is 11.4 Å². The number of hydrogen-bond acceptors (Lipinski definition) is 7. The molecule has 1 amide bonds. The van der Waals surface area contributed by atoms with Gasteiger partial charge in [-0.2, -0.15) is 0 Å². The van der Waals surface area contributed by atoms with Crippen LogP contribution in [0.5, 0.6) is 0 Å². The minimum absolute atomic E-state index is 0.0708. The van der Waals surface area contributed by atoms with E-state index >= 15 is 0 Å². The number of piperidine rings is 1. The molecule has 4 rings (SSSR count). The average molecular weight is 403 g/mol. The molecule has 0 spiro atoms. The quantitative estimate of drug-likeness (QED) is 0.712. The smallest absolute Gasteiger partial charge is 0.219 e. The Hall–Kier alpha value is -3.42. The third-order valence-corrected chi connectivity index (χ3v) is 5.39. The standard InChI is InChI=1S/C22H25N7O/c1-14-10-18(6-7-24-14)26-21-11-19(20-12-23-8-9-25-20)27-22(28-21)17-5-4-15(2)29(13-17)16(3)30/h6-12,15,17H,4-5,13H2,1-3H3,(H,24,26,27,28)/t15-,17+/m0/s1. The first kappa shape index (κ1) is 19.9. The first-order chi connectivity index (χ1) is 14.5. The SMILES string of the molecule is CC(=O)N1C[C@H](c2nc(Nc3ccnc(C)c3)cc(-c3cnccn3)n2)CC[C@@H]1C. The van der Waals surface area contributed by atoms with E-state index in [2.05, 4.69) is 27.2 Å². The van der Waals surface area contributed by atoms with Gasteiger partial charge in [0.15, 0.2) is 0 Å². The molecule has 1 aliphatic heterocycles. The third-order valence-electron chi connectivity index (χ3n) is 5.39. The van der Waals surface area contributed by atoms with Crippen LogP contribution in [0.2, 0.25) is 0 Å². The van der Waals surface area contributed by atoms with Gasteiger partial charge in [-0.05, 0) is 38.8 Å². The number of amides is 1. The molecule has 8 heteroatoms. The maximum atomic E-state index is 12.1. The van der Waals surface area contributed by atoms with Crippen LogP contribution >= 0.6 is 0 Å². The lowest BCUT2D eigenvalue weighted by molar-refractivity contribution is -0.132. The van der Waals surface area contributed by atoms with Crippen LogP contribution in [0.25, 0.3) is 11.4 Å². The normalized spacial score (nSPS) is 18.8. The number of likely N-dealkylation sites (tertiary alicyclic amines) is 1. The van der Waals surface area contributed by atoms with Gasteiger partial charge in [0.05, 0.1) is 11.9 Å². The van der Waals surface area contributed by atoms with Crippen molar-refractivity contribution >= 4 is 17.4 Å². The van der Waals surface area contributed by atoms with Crippen LogP contribution in [-0.2, 0) is 4.79 Å². The zero-order valence-corrected chi connectivity index (χ0v) is 17.4. The minimum Gasteiger partial charge on any atom is -0.340 e. The van der Waals surface area contributed by atoms with Gasteiger partial charge in [-0.3, -0.25) is 19.7 Å². The van der Waals surface area contributed by atoms with Crippen molar-refractivity contribution in [3.63, 3.8) is 0 Å². The number of carbonyl (C=O) groups is 1. The molecule has 1 fully saturated rings. The summed E-state index contributed by atoms with van der Waals surface area (Å²) >= 11 is 0. The van der Waals surface area contributed by atoms with Gasteiger partial charge in [0, 0.05) is 61.5 Å². The molecule has 0 radical (unpaired) electrons. The zero-order valence-electron chi connectivity index (χ0n) is 17.4. The van der Waals surface area contributed by atoms with Crippen molar-refractivity contribution < 1.29 is 4.79 Å². The van der Waals surface area contributed by atoms with Gasteiger partial charge >= 0.3 is 0 Å². The van der Waals surface area contributed by atoms with E-state index in [-0.39, 0.29) is 17.9 Å². The average Bonchev–Trinajstić information content (AvgIpc) is 2.74. The molecule has 3 aromatic heterocycles. The van der Waals surface area contributed by atoms with E-state index in [1.807, 2.05) is 30.0 Å². The molecule has 1 saturated heterocycles. The second-order valence-electron chi connectivity index (χ2n) is 7.69. The second kappa shape index (κ2) is 8.52. The Bertz CT molecular complexity index is 1040. The molecule has 30 heavy (non-hydrogen) atoms. The van der Waals surface area contributed by atoms with E-state index in [0.717, 1.165) is 24.2 Å². The molecule has 0 saturated carbocycles. The second-order valence-corrected chi connectivity index (χ2v) is 7.69. The van der Waals surface area contributed by atoms with Crippen LogP contribution in [0.15, 0.2) is 43.0 Å². The summed E-state index contributed by atoms with van der Waals surface area (Å²) in [5.41, 5.74) is 3.21. The molecule has 1 N–H and O–H groups in total. The molecule has 0 unspecified atom stereocenters. The largest absolute Gasteiger partial charge is 0.340 e. The molecule has 0 bridgehead atoms. The Kier molecular flexibility index (Phi) is 5.65. The highest BCUT2D eigenvalue weighted by Crippen LogP contribution is 2.31. The summed E-state index contributed by atoms with van der Waals surface area (Å²) in [6.07, 6.45) is 8.60. The van der Waals surface area contributed by atoms with Crippen molar-refractivity contribution in [2.24, 2.45) is 0 Å². The molecule has 0 aromatic carbocycles. The predicted octanol–water partition coefficient (Wildman–Crippen LogP) is 3.50. The summed E-state index contributed by atoms with van der Waals surface area (Å²) in [5, 5.41) is 3.36. The molecule has 3 aromatic rings. The van der Waals surface area contributed by atoms with Gasteiger partial charge in [0.1, 0.15) is 17.3 Å². The van der Waals surface area contributed by atoms with Crippen LogP contribution < -0.4 is 5.32 Å². The molecule has 4 heterocycles. The summed E-state index contributed by atoms with van der Waals surface area (Å²) in [7, 11) is 0. The lowest BCUT2D eigenvalue weighted by Gasteiger charge is -2.37. The van der Waals surface area contributed by atoms with E-state index in [9.17, 15) is 4.79 Å². The lowest BCUT2D eigenvalue weighted by atomic mass is 9.92.